The molecule has 0 unspecified atom stereocenters. The molecule has 0 rings (SSSR count). The molecule has 0 saturated carbocycles. The van der Waals surface area contributed by atoms with Gasteiger partial charge in [-0.1, -0.05) is 20.3 Å². The van der Waals surface area contributed by atoms with Gasteiger partial charge >= 0.3 is 6.09 Å². The summed E-state index contributed by atoms with van der Waals surface area (Å²) < 4.78 is 4.86. The number of rotatable bonds is 5. The molecule has 0 spiro atoms. The van der Waals surface area contributed by atoms with Gasteiger partial charge in [0.2, 0.25) is 0 Å². The van der Waals surface area contributed by atoms with Crippen molar-refractivity contribution in [3.63, 3.8) is 0 Å². The molecule has 4 heteroatoms. The molecule has 0 aromatic carbocycles. The highest BCUT2D eigenvalue weighted by Gasteiger charge is 2.07. The van der Waals surface area contributed by atoms with Gasteiger partial charge in [-0.05, 0) is 12.8 Å². The molecule has 0 aliphatic rings. The molecule has 1 amide bonds. The van der Waals surface area contributed by atoms with Crippen molar-refractivity contribution in [1.82, 2.24) is 5.01 Å². The van der Waals surface area contributed by atoms with Crippen LogP contribution in [0, 0.1) is 0 Å². The summed E-state index contributed by atoms with van der Waals surface area (Å²) in [6, 6.07) is 0. The number of nitrogens with zero attached hydrogens (tertiary/aromatic N) is 1. The molecule has 0 radical (unpaired) electrons. The summed E-state index contributed by atoms with van der Waals surface area (Å²) in [5.74, 6) is 5.37. The maximum Gasteiger partial charge on any atom is 0.424 e. The molecule has 0 aliphatic heterocycles. The Labute approximate surface area is 73.6 Å². The van der Waals surface area contributed by atoms with Gasteiger partial charge in [0.15, 0.2) is 0 Å². The van der Waals surface area contributed by atoms with E-state index in [4.69, 9.17) is 10.6 Å². The van der Waals surface area contributed by atoms with E-state index in [0.717, 1.165) is 24.3 Å². The number of hydrogen-bond donors (Lipinski definition) is 1. The van der Waals surface area contributed by atoms with Gasteiger partial charge in [-0.25, -0.2) is 15.6 Å². The van der Waals surface area contributed by atoms with Crippen LogP contribution in [0.2, 0.25) is 0 Å². The summed E-state index contributed by atoms with van der Waals surface area (Å²) in [6.07, 6.45) is 2.33. The second-order valence-corrected chi connectivity index (χ2v) is 2.66. The fraction of sp³-hybridized carbons (Fsp3) is 0.875. The minimum absolute atomic E-state index is 0.426. The number of ether oxygens (including phenoxy) is 1. The van der Waals surface area contributed by atoms with E-state index in [1.807, 2.05) is 13.8 Å². The summed E-state index contributed by atoms with van der Waals surface area (Å²) in [4.78, 5) is 11.0. The van der Waals surface area contributed by atoms with Crippen LogP contribution >= 0.6 is 0 Å². The molecule has 0 aromatic rings. The van der Waals surface area contributed by atoms with Gasteiger partial charge in [-0.3, -0.25) is 0 Å². The number of unbranched alkanes of at least 4 members (excludes halogenated alkanes) is 1. The smallest absolute Gasteiger partial charge is 0.424 e. The van der Waals surface area contributed by atoms with Crippen molar-refractivity contribution in [2.45, 2.75) is 33.1 Å². The molecule has 0 atom stereocenters. The van der Waals surface area contributed by atoms with Crippen molar-refractivity contribution in [1.29, 1.82) is 0 Å². The number of nitrogens with two attached hydrogens (primary N) is 1. The molecular formula is C8H18N2O2. The Bertz CT molecular complexity index is 128. The number of carbonyl (C=O) groups excluding carboxylic acids is 1. The van der Waals surface area contributed by atoms with E-state index in [1.54, 1.807) is 0 Å². The topological polar surface area (TPSA) is 55.6 Å². The van der Waals surface area contributed by atoms with E-state index >= 15 is 0 Å². The van der Waals surface area contributed by atoms with Crippen molar-refractivity contribution < 1.29 is 9.53 Å². The summed E-state index contributed by atoms with van der Waals surface area (Å²) in [6.45, 7) is 5.01. The van der Waals surface area contributed by atoms with E-state index in [1.165, 1.54) is 0 Å². The summed E-state index contributed by atoms with van der Waals surface area (Å²) >= 11 is 0. The van der Waals surface area contributed by atoms with Crippen molar-refractivity contribution in [3.05, 3.63) is 0 Å². The van der Waals surface area contributed by atoms with Crippen LogP contribution in [0.1, 0.15) is 33.1 Å². The molecule has 0 aliphatic carbocycles. The normalized spacial score (nSPS) is 9.58. The van der Waals surface area contributed by atoms with Crippen molar-refractivity contribution in [2.24, 2.45) is 5.84 Å². The third-order valence-corrected chi connectivity index (χ3v) is 1.42. The largest absolute Gasteiger partial charge is 0.448 e. The van der Waals surface area contributed by atoms with E-state index in [-0.39, 0.29) is 0 Å². The first-order valence-corrected chi connectivity index (χ1v) is 4.41. The molecule has 0 aromatic heterocycles. The first-order valence-electron chi connectivity index (χ1n) is 4.41. The molecule has 0 heterocycles. The van der Waals surface area contributed by atoms with Gasteiger partial charge in [0.25, 0.3) is 0 Å². The van der Waals surface area contributed by atoms with Crippen LogP contribution in [0.25, 0.3) is 0 Å². The highest BCUT2D eigenvalue weighted by Crippen LogP contribution is 1.92. The van der Waals surface area contributed by atoms with Crippen LogP contribution < -0.4 is 5.84 Å². The number of hydrazine groups is 1. The molecule has 12 heavy (non-hydrogen) atoms. The quantitative estimate of drug-likeness (QED) is 0.297. The lowest BCUT2D eigenvalue weighted by atomic mass is 10.4. The number of amides is 1. The minimum atomic E-state index is -0.426. The zero-order valence-corrected chi connectivity index (χ0v) is 7.88. The van der Waals surface area contributed by atoms with Crippen molar-refractivity contribution in [2.75, 3.05) is 13.2 Å². The maximum absolute atomic E-state index is 11.0. The fourth-order valence-corrected chi connectivity index (χ4v) is 0.719. The van der Waals surface area contributed by atoms with Crippen molar-refractivity contribution >= 4 is 6.09 Å². The average Bonchev–Trinajstić information content (AvgIpc) is 2.05. The zero-order valence-electron chi connectivity index (χ0n) is 7.88. The SMILES string of the molecule is CCCCOC(=O)N(N)CCC. The third kappa shape index (κ3) is 4.96. The van der Waals surface area contributed by atoms with Gasteiger partial charge in [0, 0.05) is 6.54 Å². The summed E-state index contributed by atoms with van der Waals surface area (Å²) in [5, 5.41) is 1.11. The zero-order chi connectivity index (χ0) is 9.40. The highest BCUT2D eigenvalue weighted by atomic mass is 16.6. The predicted molar refractivity (Wildman–Crippen MR) is 47.4 cm³/mol. The van der Waals surface area contributed by atoms with Crippen LogP contribution in [0.15, 0.2) is 0 Å². The molecule has 0 saturated heterocycles. The molecule has 0 fully saturated rings. The van der Waals surface area contributed by atoms with Gasteiger partial charge in [-0.2, -0.15) is 0 Å². The third-order valence-electron chi connectivity index (χ3n) is 1.42. The standard InChI is InChI=1S/C8H18N2O2/c1-3-5-7-12-8(11)10(9)6-4-2/h3-7,9H2,1-2H3. The lowest BCUT2D eigenvalue weighted by Gasteiger charge is -2.14. The van der Waals surface area contributed by atoms with E-state index in [2.05, 4.69) is 0 Å². The lowest BCUT2D eigenvalue weighted by Crippen LogP contribution is -2.38. The van der Waals surface area contributed by atoms with Crippen LogP contribution in [0.4, 0.5) is 4.79 Å². The van der Waals surface area contributed by atoms with Crippen LogP contribution in [0.3, 0.4) is 0 Å². The lowest BCUT2D eigenvalue weighted by molar-refractivity contribution is 0.101. The number of carbonyl (C=O) groups is 1. The molecule has 2 N–H and O–H groups in total. The fourth-order valence-electron chi connectivity index (χ4n) is 0.719. The summed E-state index contributed by atoms with van der Waals surface area (Å²) in [7, 11) is 0. The molecular weight excluding hydrogens is 156 g/mol. The molecule has 72 valence electrons. The van der Waals surface area contributed by atoms with E-state index in [9.17, 15) is 4.79 Å². The van der Waals surface area contributed by atoms with Crippen molar-refractivity contribution in [3.8, 4) is 0 Å². The Hall–Kier alpha value is -0.770. The van der Waals surface area contributed by atoms with Crippen LogP contribution in [-0.2, 0) is 4.74 Å². The second kappa shape index (κ2) is 6.91. The highest BCUT2D eigenvalue weighted by molar-refractivity contribution is 5.66. The maximum atomic E-state index is 11.0. The Balaban J connectivity index is 3.43. The Morgan fingerprint density at radius 1 is 1.42 bits per heavy atom. The molecule has 0 bridgehead atoms. The first-order chi connectivity index (χ1) is 5.72. The first kappa shape index (κ1) is 11.2. The predicted octanol–water partition coefficient (Wildman–Crippen LogP) is 1.51. The van der Waals surface area contributed by atoms with E-state index in [0.29, 0.717) is 13.2 Å². The van der Waals surface area contributed by atoms with Crippen LogP contribution in [0.5, 0.6) is 0 Å². The Morgan fingerprint density at radius 3 is 2.58 bits per heavy atom. The van der Waals surface area contributed by atoms with Gasteiger partial charge in [-0.15, -0.1) is 0 Å². The van der Waals surface area contributed by atoms with E-state index < -0.39 is 6.09 Å². The minimum Gasteiger partial charge on any atom is -0.448 e. The monoisotopic (exact) mass is 174 g/mol. The van der Waals surface area contributed by atoms with Gasteiger partial charge in [0.1, 0.15) is 0 Å². The molecule has 4 nitrogen and oxygen atoms in total. The van der Waals surface area contributed by atoms with Crippen LogP contribution in [-0.4, -0.2) is 24.3 Å². The number of hydrogen-bond acceptors (Lipinski definition) is 3. The Morgan fingerprint density at radius 2 is 2.08 bits per heavy atom. The Kier molecular flexibility index (Phi) is 6.47. The van der Waals surface area contributed by atoms with Gasteiger partial charge in [0.05, 0.1) is 6.61 Å². The summed E-state index contributed by atoms with van der Waals surface area (Å²) in [5.41, 5.74) is 0. The van der Waals surface area contributed by atoms with Gasteiger partial charge < -0.3 is 4.74 Å². The second-order valence-electron chi connectivity index (χ2n) is 2.66. The average molecular weight is 174 g/mol.